The number of para-hydroxylation sites is 1. The van der Waals surface area contributed by atoms with Crippen molar-refractivity contribution in [3.8, 4) is 10.6 Å². The number of amides is 2. The lowest BCUT2D eigenvalue weighted by molar-refractivity contribution is 0.252. The Balaban J connectivity index is 1.51. The van der Waals surface area contributed by atoms with Crippen LogP contribution in [0.15, 0.2) is 96.4 Å². The Hall–Kier alpha value is -3.54. The van der Waals surface area contributed by atoms with Crippen molar-refractivity contribution in [3.63, 3.8) is 0 Å². The summed E-state index contributed by atoms with van der Waals surface area (Å²) < 4.78 is 2.35. The third-order valence-corrected chi connectivity index (χ3v) is 6.63. The van der Waals surface area contributed by atoms with E-state index in [1.165, 1.54) is 10.4 Å². The number of anilines is 1. The maximum Gasteiger partial charge on any atom is 0.319 e. The summed E-state index contributed by atoms with van der Waals surface area (Å²) in [4.78, 5) is 13.8. The number of halogens is 1. The lowest BCUT2D eigenvalue weighted by Crippen LogP contribution is -2.28. The molecule has 0 aliphatic heterocycles. The van der Waals surface area contributed by atoms with Crippen LogP contribution in [-0.4, -0.2) is 10.6 Å². The second-order valence-corrected chi connectivity index (χ2v) is 9.10. The first-order valence-electron chi connectivity index (χ1n) is 10.7. The Morgan fingerprint density at radius 2 is 1.73 bits per heavy atom. The third-order valence-electron chi connectivity index (χ3n) is 5.52. The van der Waals surface area contributed by atoms with E-state index < -0.39 is 0 Å². The van der Waals surface area contributed by atoms with Crippen LogP contribution in [0.1, 0.15) is 11.1 Å². The molecule has 2 N–H and O–H groups in total. The molecule has 5 aromatic rings. The summed E-state index contributed by atoms with van der Waals surface area (Å²) in [5.41, 5.74) is 5.28. The molecule has 5 rings (SSSR count). The molecule has 2 amide bonds. The fraction of sp³-hybridized carbons (Fsp3) is 0.0741. The summed E-state index contributed by atoms with van der Waals surface area (Å²) in [7, 11) is 0. The maximum absolute atomic E-state index is 12.7. The lowest BCUT2D eigenvalue weighted by atomic mass is 10.1. The van der Waals surface area contributed by atoms with Gasteiger partial charge in [0.25, 0.3) is 0 Å². The number of aromatic nitrogens is 1. The molecule has 0 radical (unpaired) electrons. The summed E-state index contributed by atoms with van der Waals surface area (Å²) in [5.74, 6) is 0. The maximum atomic E-state index is 12.7. The Bertz CT molecular complexity index is 1390. The standard InChI is InChI=1S/C27H22ClN3OS/c28-20-10-6-11-21(16-20)30-27(32)29-17-23-22-12-4-5-13-24(22)31(18-19-8-2-1-3-9-19)26(23)25-14-7-15-33-25/h1-16H,17-18H2,(H2,29,30,32). The van der Waals surface area contributed by atoms with Gasteiger partial charge in [-0.2, -0.15) is 0 Å². The van der Waals surface area contributed by atoms with Crippen LogP contribution in [0.2, 0.25) is 5.02 Å². The van der Waals surface area contributed by atoms with E-state index in [1.54, 1.807) is 23.5 Å². The Labute approximate surface area is 201 Å². The topological polar surface area (TPSA) is 46.1 Å². The molecule has 0 aliphatic rings. The minimum absolute atomic E-state index is 0.269. The number of hydrogen-bond donors (Lipinski definition) is 2. The molecule has 0 saturated heterocycles. The van der Waals surface area contributed by atoms with Gasteiger partial charge in [0.15, 0.2) is 0 Å². The number of rotatable bonds is 6. The van der Waals surface area contributed by atoms with Crippen LogP contribution < -0.4 is 10.6 Å². The van der Waals surface area contributed by atoms with Gasteiger partial charge < -0.3 is 15.2 Å². The Morgan fingerprint density at radius 3 is 2.52 bits per heavy atom. The van der Waals surface area contributed by atoms with Crippen LogP contribution in [0.4, 0.5) is 10.5 Å². The monoisotopic (exact) mass is 471 g/mol. The van der Waals surface area contributed by atoms with Crippen LogP contribution in [0.5, 0.6) is 0 Å². The second kappa shape index (κ2) is 9.53. The summed E-state index contributed by atoms with van der Waals surface area (Å²) in [6.45, 7) is 1.16. The van der Waals surface area contributed by atoms with Crippen LogP contribution in [0.25, 0.3) is 21.5 Å². The van der Waals surface area contributed by atoms with Crippen molar-refractivity contribution in [1.29, 1.82) is 0 Å². The number of nitrogens with zero attached hydrogens (tertiary/aromatic N) is 1. The van der Waals surface area contributed by atoms with E-state index >= 15 is 0 Å². The van der Waals surface area contributed by atoms with Crippen molar-refractivity contribution < 1.29 is 4.79 Å². The van der Waals surface area contributed by atoms with E-state index in [2.05, 4.69) is 75.2 Å². The Morgan fingerprint density at radius 1 is 0.909 bits per heavy atom. The highest BCUT2D eigenvalue weighted by molar-refractivity contribution is 7.13. The van der Waals surface area contributed by atoms with Gasteiger partial charge in [-0.1, -0.05) is 72.3 Å². The fourth-order valence-electron chi connectivity index (χ4n) is 4.09. The van der Waals surface area contributed by atoms with Crippen LogP contribution in [0.3, 0.4) is 0 Å². The van der Waals surface area contributed by atoms with Gasteiger partial charge in [-0.25, -0.2) is 4.79 Å². The van der Waals surface area contributed by atoms with Gasteiger partial charge in [-0.3, -0.25) is 0 Å². The average Bonchev–Trinajstić information content (AvgIpc) is 3.45. The third kappa shape index (κ3) is 4.65. The number of carbonyl (C=O) groups excluding carboxylic acids is 1. The molecule has 0 spiro atoms. The number of nitrogens with one attached hydrogen (secondary N) is 2. The van der Waals surface area contributed by atoms with E-state index in [9.17, 15) is 4.79 Å². The van der Waals surface area contributed by atoms with E-state index in [4.69, 9.17) is 11.6 Å². The fourth-order valence-corrected chi connectivity index (χ4v) is 5.09. The van der Waals surface area contributed by atoms with Crippen LogP contribution >= 0.6 is 22.9 Å². The summed E-state index contributed by atoms with van der Waals surface area (Å²) >= 11 is 7.75. The van der Waals surface area contributed by atoms with Crippen molar-refractivity contribution >= 4 is 45.6 Å². The number of thiophene rings is 1. The first kappa shape index (κ1) is 21.3. The van der Waals surface area contributed by atoms with E-state index in [-0.39, 0.29) is 6.03 Å². The molecule has 2 heterocycles. The minimum Gasteiger partial charge on any atom is -0.335 e. The SMILES string of the molecule is O=C(NCc1c(-c2cccs2)n(Cc2ccccc2)c2ccccc12)Nc1cccc(Cl)c1. The number of urea groups is 1. The van der Waals surface area contributed by atoms with Crippen molar-refractivity contribution in [2.24, 2.45) is 0 Å². The van der Waals surface area contributed by atoms with E-state index in [0.29, 0.717) is 17.3 Å². The minimum atomic E-state index is -0.269. The highest BCUT2D eigenvalue weighted by atomic mass is 35.5. The van der Waals surface area contributed by atoms with Gasteiger partial charge in [-0.05, 0) is 41.3 Å². The highest BCUT2D eigenvalue weighted by Gasteiger charge is 2.20. The number of hydrogen-bond acceptors (Lipinski definition) is 2. The molecule has 164 valence electrons. The normalized spacial score (nSPS) is 10.9. The molecular formula is C27H22ClN3OS. The zero-order valence-electron chi connectivity index (χ0n) is 17.8. The number of benzene rings is 3. The Kier molecular flexibility index (Phi) is 6.15. The molecule has 0 fully saturated rings. The lowest BCUT2D eigenvalue weighted by Gasteiger charge is -2.12. The molecule has 0 aliphatic carbocycles. The molecule has 0 bridgehead atoms. The first-order chi connectivity index (χ1) is 16.2. The molecule has 0 saturated carbocycles. The molecule has 0 unspecified atom stereocenters. The molecule has 6 heteroatoms. The molecule has 33 heavy (non-hydrogen) atoms. The van der Waals surface area contributed by atoms with Gasteiger partial charge in [0, 0.05) is 40.3 Å². The predicted octanol–water partition coefficient (Wildman–Crippen LogP) is 7.39. The number of carbonyl (C=O) groups is 1. The summed E-state index contributed by atoms with van der Waals surface area (Å²) in [6.07, 6.45) is 0. The van der Waals surface area contributed by atoms with Gasteiger partial charge in [0.2, 0.25) is 0 Å². The van der Waals surface area contributed by atoms with Crippen molar-refractivity contribution in [2.45, 2.75) is 13.1 Å². The molecule has 3 aromatic carbocycles. The zero-order chi connectivity index (χ0) is 22.6. The summed E-state index contributed by atoms with van der Waals surface area (Å²) in [6, 6.07) is 29.9. The first-order valence-corrected chi connectivity index (χ1v) is 11.9. The van der Waals surface area contributed by atoms with E-state index in [0.717, 1.165) is 28.7 Å². The number of fused-ring (bicyclic) bond motifs is 1. The zero-order valence-corrected chi connectivity index (χ0v) is 19.4. The molecule has 2 aromatic heterocycles. The predicted molar refractivity (Wildman–Crippen MR) is 138 cm³/mol. The van der Waals surface area contributed by atoms with Crippen LogP contribution in [-0.2, 0) is 13.1 Å². The second-order valence-electron chi connectivity index (χ2n) is 7.71. The van der Waals surface area contributed by atoms with Crippen molar-refractivity contribution in [2.75, 3.05) is 5.32 Å². The van der Waals surface area contributed by atoms with Crippen molar-refractivity contribution in [3.05, 3.63) is 113 Å². The van der Waals surface area contributed by atoms with Gasteiger partial charge in [0.1, 0.15) is 0 Å². The van der Waals surface area contributed by atoms with Crippen LogP contribution in [0, 0.1) is 0 Å². The van der Waals surface area contributed by atoms with Gasteiger partial charge in [0.05, 0.1) is 10.6 Å². The quantitative estimate of drug-likeness (QED) is 0.266. The molecule has 4 nitrogen and oxygen atoms in total. The van der Waals surface area contributed by atoms with E-state index in [1.807, 2.05) is 24.3 Å². The van der Waals surface area contributed by atoms with Gasteiger partial charge >= 0.3 is 6.03 Å². The molecule has 0 atom stereocenters. The average molecular weight is 472 g/mol. The smallest absolute Gasteiger partial charge is 0.319 e. The highest BCUT2D eigenvalue weighted by Crippen LogP contribution is 2.36. The summed E-state index contributed by atoms with van der Waals surface area (Å²) in [5, 5.41) is 9.71. The van der Waals surface area contributed by atoms with Gasteiger partial charge in [-0.15, -0.1) is 11.3 Å². The van der Waals surface area contributed by atoms with Crippen molar-refractivity contribution in [1.82, 2.24) is 9.88 Å². The molecular weight excluding hydrogens is 450 g/mol. The largest absolute Gasteiger partial charge is 0.335 e.